The summed E-state index contributed by atoms with van der Waals surface area (Å²) in [5.74, 6) is 0.378. The minimum absolute atomic E-state index is 0.0913. The smallest absolute Gasteiger partial charge is 0.0899 e. The van der Waals surface area contributed by atoms with Gasteiger partial charge in [0.2, 0.25) is 0 Å². The van der Waals surface area contributed by atoms with Crippen LogP contribution in [-0.4, -0.2) is 25.9 Å². The van der Waals surface area contributed by atoms with Gasteiger partial charge in [-0.1, -0.05) is 25.3 Å². The highest BCUT2D eigenvalue weighted by molar-refractivity contribution is 7.05. The molecule has 0 aliphatic heterocycles. The molecular weight excluding hydrogens is 246 g/mol. The molecule has 1 N–H and O–H groups in total. The summed E-state index contributed by atoms with van der Waals surface area (Å²) >= 11 is 1.46. The first kappa shape index (κ1) is 13.2. The zero-order valence-corrected chi connectivity index (χ0v) is 12.0. The SMILES string of the molecule is CCNC(c1ccn(C)n1)c1snnc1C(C)C. The van der Waals surface area contributed by atoms with Crippen molar-refractivity contribution >= 4 is 11.5 Å². The maximum absolute atomic E-state index is 4.49. The van der Waals surface area contributed by atoms with Crippen LogP contribution in [-0.2, 0) is 7.05 Å². The van der Waals surface area contributed by atoms with Gasteiger partial charge in [-0.05, 0) is 30.1 Å². The lowest BCUT2D eigenvalue weighted by Crippen LogP contribution is -2.23. The molecule has 2 heterocycles. The van der Waals surface area contributed by atoms with E-state index in [0.717, 1.165) is 17.9 Å². The Balaban J connectivity index is 2.38. The number of hydrogen-bond acceptors (Lipinski definition) is 5. The van der Waals surface area contributed by atoms with Crippen molar-refractivity contribution in [3.05, 3.63) is 28.5 Å². The van der Waals surface area contributed by atoms with E-state index in [1.165, 1.54) is 16.4 Å². The van der Waals surface area contributed by atoms with Crippen molar-refractivity contribution in [2.24, 2.45) is 7.05 Å². The van der Waals surface area contributed by atoms with Crippen molar-refractivity contribution in [1.82, 2.24) is 24.7 Å². The second-order valence-electron chi connectivity index (χ2n) is 4.58. The predicted molar refractivity (Wildman–Crippen MR) is 72.7 cm³/mol. The van der Waals surface area contributed by atoms with Gasteiger partial charge in [0.25, 0.3) is 0 Å². The highest BCUT2D eigenvalue weighted by Gasteiger charge is 2.23. The molecule has 0 radical (unpaired) electrons. The van der Waals surface area contributed by atoms with Crippen molar-refractivity contribution in [1.29, 1.82) is 0 Å². The third kappa shape index (κ3) is 2.59. The van der Waals surface area contributed by atoms with Crippen molar-refractivity contribution < 1.29 is 0 Å². The molecular formula is C12H19N5S. The summed E-state index contributed by atoms with van der Waals surface area (Å²) in [6, 6.07) is 2.13. The topological polar surface area (TPSA) is 55.6 Å². The highest BCUT2D eigenvalue weighted by Crippen LogP contribution is 2.29. The average Bonchev–Trinajstić information content (AvgIpc) is 2.94. The summed E-state index contributed by atoms with van der Waals surface area (Å²) in [5.41, 5.74) is 2.09. The zero-order valence-electron chi connectivity index (χ0n) is 11.2. The summed E-state index contributed by atoms with van der Waals surface area (Å²) in [6.07, 6.45) is 1.96. The van der Waals surface area contributed by atoms with E-state index in [4.69, 9.17) is 0 Å². The lowest BCUT2D eigenvalue weighted by atomic mass is 10.0. The molecule has 6 heteroatoms. The molecule has 0 fully saturated rings. The van der Waals surface area contributed by atoms with E-state index in [2.05, 4.69) is 40.8 Å². The van der Waals surface area contributed by atoms with E-state index in [1.54, 1.807) is 0 Å². The first-order valence-corrected chi connectivity index (χ1v) is 6.95. The van der Waals surface area contributed by atoms with Crippen molar-refractivity contribution in [2.45, 2.75) is 32.7 Å². The van der Waals surface area contributed by atoms with E-state index in [0.29, 0.717) is 5.92 Å². The van der Waals surface area contributed by atoms with Crippen LogP contribution in [0.2, 0.25) is 0 Å². The zero-order chi connectivity index (χ0) is 13.1. The maximum atomic E-state index is 4.49. The van der Waals surface area contributed by atoms with Gasteiger partial charge in [0, 0.05) is 13.2 Å². The number of hydrogen-bond donors (Lipinski definition) is 1. The second-order valence-corrected chi connectivity index (χ2v) is 5.37. The van der Waals surface area contributed by atoms with Gasteiger partial charge in [0.05, 0.1) is 22.3 Å². The molecule has 0 aliphatic rings. The molecule has 0 amide bonds. The Morgan fingerprint density at radius 1 is 1.44 bits per heavy atom. The molecule has 0 saturated heterocycles. The number of nitrogens with zero attached hydrogens (tertiary/aromatic N) is 4. The predicted octanol–water partition coefficient (Wildman–Crippen LogP) is 2.09. The normalized spacial score (nSPS) is 13.2. The first-order valence-electron chi connectivity index (χ1n) is 6.18. The van der Waals surface area contributed by atoms with Gasteiger partial charge in [-0.15, -0.1) is 5.10 Å². The number of aromatic nitrogens is 4. The van der Waals surface area contributed by atoms with Crippen LogP contribution in [0.25, 0.3) is 0 Å². The van der Waals surface area contributed by atoms with E-state index in [9.17, 15) is 0 Å². The number of rotatable bonds is 5. The first-order chi connectivity index (χ1) is 8.63. The molecule has 0 spiro atoms. The molecule has 2 aromatic heterocycles. The van der Waals surface area contributed by atoms with Gasteiger partial charge in [0.15, 0.2) is 0 Å². The number of aryl methyl sites for hydroxylation is 1. The van der Waals surface area contributed by atoms with Gasteiger partial charge in [-0.25, -0.2) is 0 Å². The lowest BCUT2D eigenvalue weighted by Gasteiger charge is -2.15. The Labute approximate surface area is 111 Å². The summed E-state index contributed by atoms with van der Waals surface area (Å²) < 4.78 is 5.92. The van der Waals surface area contributed by atoms with Gasteiger partial charge in [0.1, 0.15) is 0 Å². The minimum Gasteiger partial charge on any atom is -0.304 e. The van der Waals surface area contributed by atoms with Crippen LogP contribution in [0, 0.1) is 0 Å². The molecule has 5 nitrogen and oxygen atoms in total. The van der Waals surface area contributed by atoms with E-state index >= 15 is 0 Å². The molecule has 2 aromatic rings. The average molecular weight is 265 g/mol. The Kier molecular flexibility index (Phi) is 4.08. The molecule has 1 unspecified atom stereocenters. The quantitative estimate of drug-likeness (QED) is 0.899. The molecule has 0 aromatic carbocycles. The van der Waals surface area contributed by atoms with Gasteiger partial charge >= 0.3 is 0 Å². The van der Waals surface area contributed by atoms with Crippen molar-refractivity contribution in [3.63, 3.8) is 0 Å². The van der Waals surface area contributed by atoms with Crippen LogP contribution in [0.15, 0.2) is 12.3 Å². The molecule has 0 saturated carbocycles. The standard InChI is InChI=1S/C12H19N5S/c1-5-13-11(9-6-7-17(4)15-9)12-10(8(2)3)14-16-18-12/h6-8,11,13H,5H2,1-4H3. The summed E-state index contributed by atoms with van der Waals surface area (Å²) in [5, 5.41) is 12.2. The van der Waals surface area contributed by atoms with Gasteiger partial charge in [-0.3, -0.25) is 4.68 Å². The van der Waals surface area contributed by atoms with Crippen LogP contribution >= 0.6 is 11.5 Å². The van der Waals surface area contributed by atoms with Crippen LogP contribution < -0.4 is 5.32 Å². The lowest BCUT2D eigenvalue weighted by molar-refractivity contribution is 0.597. The Morgan fingerprint density at radius 3 is 2.78 bits per heavy atom. The van der Waals surface area contributed by atoms with Gasteiger partial charge < -0.3 is 5.32 Å². The van der Waals surface area contributed by atoms with E-state index < -0.39 is 0 Å². The Bertz CT molecular complexity index is 502. The minimum atomic E-state index is 0.0913. The van der Waals surface area contributed by atoms with Crippen LogP contribution in [0.3, 0.4) is 0 Å². The molecule has 18 heavy (non-hydrogen) atoms. The summed E-state index contributed by atoms with van der Waals surface area (Å²) in [7, 11) is 1.93. The third-order valence-corrected chi connectivity index (χ3v) is 3.59. The van der Waals surface area contributed by atoms with E-state index in [1.807, 2.05) is 24.0 Å². The summed E-state index contributed by atoms with van der Waals surface area (Å²) in [6.45, 7) is 7.26. The Hall–Kier alpha value is -1.27. The Morgan fingerprint density at radius 2 is 2.22 bits per heavy atom. The molecule has 2 rings (SSSR count). The second kappa shape index (κ2) is 5.58. The highest BCUT2D eigenvalue weighted by atomic mass is 32.1. The van der Waals surface area contributed by atoms with Gasteiger partial charge in [-0.2, -0.15) is 5.10 Å². The number of nitrogens with one attached hydrogen (secondary N) is 1. The molecule has 0 bridgehead atoms. The fourth-order valence-electron chi connectivity index (χ4n) is 1.93. The fraction of sp³-hybridized carbons (Fsp3) is 0.583. The molecule has 1 atom stereocenters. The monoisotopic (exact) mass is 265 g/mol. The van der Waals surface area contributed by atoms with Crippen LogP contribution in [0.5, 0.6) is 0 Å². The largest absolute Gasteiger partial charge is 0.304 e. The van der Waals surface area contributed by atoms with Crippen LogP contribution in [0.1, 0.15) is 49.0 Å². The van der Waals surface area contributed by atoms with Crippen molar-refractivity contribution in [3.8, 4) is 0 Å². The maximum Gasteiger partial charge on any atom is 0.0899 e. The summed E-state index contributed by atoms with van der Waals surface area (Å²) in [4.78, 5) is 1.17. The van der Waals surface area contributed by atoms with Crippen molar-refractivity contribution in [2.75, 3.05) is 6.54 Å². The third-order valence-electron chi connectivity index (χ3n) is 2.79. The molecule has 0 aliphatic carbocycles. The fourth-order valence-corrected chi connectivity index (χ4v) is 2.82. The van der Waals surface area contributed by atoms with E-state index in [-0.39, 0.29) is 6.04 Å². The molecule has 98 valence electrons. The van der Waals surface area contributed by atoms with Crippen LogP contribution in [0.4, 0.5) is 0 Å².